The van der Waals surface area contributed by atoms with Gasteiger partial charge in [0.2, 0.25) is 0 Å². The van der Waals surface area contributed by atoms with Gasteiger partial charge in [-0.15, -0.1) is 0 Å². The van der Waals surface area contributed by atoms with E-state index in [0.29, 0.717) is 0 Å². The monoisotopic (exact) mass is 310 g/mol. The smallest absolute Gasteiger partial charge is 0.391 e. The molecule has 22 heavy (non-hydrogen) atoms. The van der Waals surface area contributed by atoms with Crippen molar-refractivity contribution in [2.45, 2.75) is 45.2 Å². The zero-order valence-electron chi connectivity index (χ0n) is 13.6. The van der Waals surface area contributed by atoms with Gasteiger partial charge in [0.25, 0.3) is 6.73 Å². The number of nitrogens with zero attached hydrogens (tertiary/aromatic N) is 1. The molecule has 1 fully saturated rings. The predicted molar refractivity (Wildman–Crippen MR) is 94.9 cm³/mol. The highest BCUT2D eigenvalue weighted by Gasteiger charge is 2.47. The van der Waals surface area contributed by atoms with E-state index in [1.165, 1.54) is 48.1 Å². The van der Waals surface area contributed by atoms with Gasteiger partial charge < -0.3 is 4.74 Å². The molecule has 0 radical (unpaired) electrons. The summed E-state index contributed by atoms with van der Waals surface area (Å²) in [6.07, 6.45) is 6.61. The SMILES string of the molecule is C[Si]1(C)c2c(ccc3ccccc23)OC[N+]1=C1CCCCC1. The lowest BCUT2D eigenvalue weighted by atomic mass is 9.99. The summed E-state index contributed by atoms with van der Waals surface area (Å²) in [4.78, 5) is 0. The molecule has 2 nitrogen and oxygen atoms in total. The highest BCUT2D eigenvalue weighted by atomic mass is 28.3. The topological polar surface area (TPSA) is 12.2 Å². The first kappa shape index (κ1) is 14.0. The van der Waals surface area contributed by atoms with Crippen LogP contribution in [-0.4, -0.2) is 24.9 Å². The van der Waals surface area contributed by atoms with Crippen molar-refractivity contribution in [2.75, 3.05) is 6.73 Å². The zero-order valence-corrected chi connectivity index (χ0v) is 14.6. The Bertz CT molecular complexity index is 755. The van der Waals surface area contributed by atoms with Crippen LogP contribution in [0.2, 0.25) is 13.1 Å². The number of ether oxygens (including phenoxy) is 1. The number of hydrogen-bond acceptors (Lipinski definition) is 1. The van der Waals surface area contributed by atoms with Crippen LogP contribution < -0.4 is 9.92 Å². The second-order valence-corrected chi connectivity index (χ2v) is 11.2. The normalized spacial score (nSPS) is 20.6. The molecule has 4 rings (SSSR count). The lowest BCUT2D eigenvalue weighted by molar-refractivity contribution is -0.444. The Morgan fingerprint density at radius 2 is 1.73 bits per heavy atom. The molecule has 1 aliphatic heterocycles. The van der Waals surface area contributed by atoms with Crippen molar-refractivity contribution in [1.82, 2.24) is 0 Å². The quantitative estimate of drug-likeness (QED) is 0.669. The Balaban J connectivity index is 1.93. The van der Waals surface area contributed by atoms with Crippen molar-refractivity contribution in [3.05, 3.63) is 36.4 Å². The average molecular weight is 310 g/mol. The molecule has 0 unspecified atom stereocenters. The maximum atomic E-state index is 6.17. The van der Waals surface area contributed by atoms with E-state index in [0.717, 1.165) is 12.5 Å². The summed E-state index contributed by atoms with van der Waals surface area (Å²) in [6.45, 7) is 5.73. The minimum Gasteiger partial charge on any atom is -0.438 e. The van der Waals surface area contributed by atoms with Gasteiger partial charge >= 0.3 is 8.24 Å². The van der Waals surface area contributed by atoms with Crippen LogP contribution >= 0.6 is 0 Å². The Morgan fingerprint density at radius 3 is 2.55 bits per heavy atom. The molecular weight excluding hydrogens is 286 g/mol. The molecule has 1 saturated carbocycles. The fraction of sp³-hybridized carbons (Fsp3) is 0.421. The first-order valence-corrected chi connectivity index (χ1v) is 11.4. The average Bonchev–Trinajstić information content (AvgIpc) is 2.55. The molecular formula is C19H24NOSi+. The van der Waals surface area contributed by atoms with Crippen LogP contribution in [-0.2, 0) is 0 Å². The zero-order chi connectivity index (χ0) is 15.2. The van der Waals surface area contributed by atoms with Gasteiger partial charge in [0.05, 0.1) is 5.19 Å². The second kappa shape index (κ2) is 5.23. The van der Waals surface area contributed by atoms with Gasteiger partial charge in [-0.3, -0.25) is 4.24 Å². The molecule has 2 aliphatic rings. The molecule has 3 heteroatoms. The summed E-state index contributed by atoms with van der Waals surface area (Å²) in [6, 6.07) is 13.1. The molecule has 0 saturated heterocycles. The largest absolute Gasteiger partial charge is 0.438 e. The van der Waals surface area contributed by atoms with Crippen LogP contribution in [0.25, 0.3) is 10.8 Å². The summed E-state index contributed by atoms with van der Waals surface area (Å²) in [7, 11) is -1.72. The van der Waals surface area contributed by atoms with Crippen molar-refractivity contribution in [1.29, 1.82) is 0 Å². The van der Waals surface area contributed by atoms with Crippen LogP contribution in [0.4, 0.5) is 0 Å². The molecule has 0 bridgehead atoms. The molecule has 0 amide bonds. The van der Waals surface area contributed by atoms with E-state index in [1.54, 1.807) is 5.71 Å². The Hall–Kier alpha value is -1.61. The van der Waals surface area contributed by atoms with Crippen molar-refractivity contribution < 1.29 is 8.98 Å². The van der Waals surface area contributed by atoms with E-state index in [9.17, 15) is 0 Å². The second-order valence-electron chi connectivity index (χ2n) is 7.05. The number of benzene rings is 2. The lowest BCUT2D eigenvalue weighted by Crippen LogP contribution is -2.59. The Labute approximate surface area is 133 Å². The maximum Gasteiger partial charge on any atom is 0.391 e. The van der Waals surface area contributed by atoms with Crippen molar-refractivity contribution in [2.24, 2.45) is 0 Å². The Kier molecular flexibility index (Phi) is 3.33. The molecule has 114 valence electrons. The minimum absolute atomic E-state index is 0.750. The Morgan fingerprint density at radius 1 is 0.955 bits per heavy atom. The third kappa shape index (κ3) is 2.10. The van der Waals surface area contributed by atoms with Crippen LogP contribution in [0, 0.1) is 0 Å². The van der Waals surface area contributed by atoms with Crippen molar-refractivity contribution in [3.63, 3.8) is 0 Å². The van der Waals surface area contributed by atoms with Crippen LogP contribution in [0.15, 0.2) is 36.4 Å². The predicted octanol–water partition coefficient (Wildman–Crippen LogP) is 4.02. The molecule has 1 heterocycles. The molecule has 0 aromatic heterocycles. The third-order valence-corrected chi connectivity index (χ3v) is 8.87. The fourth-order valence-electron chi connectivity index (χ4n) is 4.15. The lowest BCUT2D eigenvalue weighted by Gasteiger charge is -2.31. The van der Waals surface area contributed by atoms with Gasteiger partial charge in [-0.1, -0.05) is 36.8 Å². The molecule has 1 aliphatic carbocycles. The van der Waals surface area contributed by atoms with Crippen LogP contribution in [0.1, 0.15) is 32.1 Å². The van der Waals surface area contributed by atoms with Gasteiger partial charge in [0, 0.05) is 12.8 Å². The van der Waals surface area contributed by atoms with Gasteiger partial charge in [-0.25, -0.2) is 0 Å². The van der Waals surface area contributed by atoms with Gasteiger partial charge in [0.1, 0.15) is 11.5 Å². The van der Waals surface area contributed by atoms with E-state index in [4.69, 9.17) is 4.74 Å². The summed E-state index contributed by atoms with van der Waals surface area (Å²) in [5.74, 6) is 1.11. The highest BCUT2D eigenvalue weighted by molar-refractivity contribution is 6.86. The molecule has 2 aromatic carbocycles. The van der Waals surface area contributed by atoms with E-state index in [1.807, 2.05) is 0 Å². The first-order valence-electron chi connectivity index (χ1n) is 8.45. The van der Waals surface area contributed by atoms with Crippen molar-refractivity contribution in [3.8, 4) is 5.75 Å². The number of fused-ring (bicyclic) bond motifs is 3. The van der Waals surface area contributed by atoms with E-state index in [-0.39, 0.29) is 0 Å². The fourth-order valence-corrected chi connectivity index (χ4v) is 7.47. The third-order valence-electron chi connectivity index (χ3n) is 5.34. The van der Waals surface area contributed by atoms with E-state index in [2.05, 4.69) is 53.7 Å². The summed E-state index contributed by atoms with van der Waals surface area (Å²) < 4.78 is 8.83. The molecule has 0 spiro atoms. The maximum absolute atomic E-state index is 6.17. The summed E-state index contributed by atoms with van der Waals surface area (Å²) in [5, 5.41) is 4.20. The van der Waals surface area contributed by atoms with Crippen LogP contribution in [0.3, 0.4) is 0 Å². The van der Waals surface area contributed by atoms with Gasteiger partial charge in [-0.05, 0) is 42.8 Å². The van der Waals surface area contributed by atoms with Crippen LogP contribution in [0.5, 0.6) is 5.75 Å². The van der Waals surface area contributed by atoms with Gasteiger partial charge in [0.15, 0.2) is 0 Å². The minimum atomic E-state index is -1.72. The number of rotatable bonds is 0. The van der Waals surface area contributed by atoms with Crippen molar-refractivity contribution >= 4 is 29.9 Å². The van der Waals surface area contributed by atoms with E-state index < -0.39 is 8.24 Å². The molecule has 0 atom stereocenters. The highest BCUT2D eigenvalue weighted by Crippen LogP contribution is 2.28. The van der Waals surface area contributed by atoms with E-state index >= 15 is 0 Å². The van der Waals surface area contributed by atoms with Gasteiger partial charge in [-0.2, -0.15) is 0 Å². The summed E-state index contributed by atoms with van der Waals surface area (Å²) >= 11 is 0. The summed E-state index contributed by atoms with van der Waals surface area (Å²) in [5.41, 5.74) is 1.64. The molecule has 2 aromatic rings. The molecule has 0 N–H and O–H groups in total. The number of hydrogen-bond donors (Lipinski definition) is 0. The standard InChI is InChI=1S/C19H24NOSi/c1-22(2)19-17-11-7-6-8-15(17)12-13-18(19)21-14-20(22)16-9-4-3-5-10-16/h6-8,11-13H,3-5,9-10,14H2,1-2H3/q+1. The first-order chi connectivity index (χ1) is 10.7.